The number of hydrogen-bond acceptors (Lipinski definition) is 3. The predicted molar refractivity (Wildman–Crippen MR) is 96.2 cm³/mol. The van der Waals surface area contributed by atoms with E-state index in [4.69, 9.17) is 11.6 Å². The number of nitrogens with one attached hydrogen (secondary N) is 1. The molecule has 2 N–H and O–H groups in total. The fraction of sp³-hybridized carbons (Fsp3) is 0.0556. The summed E-state index contributed by atoms with van der Waals surface area (Å²) in [6.07, 6.45) is 0. The van der Waals surface area contributed by atoms with E-state index in [0.717, 1.165) is 16.8 Å². The third-order valence-corrected chi connectivity index (χ3v) is 4.55. The molecule has 5 heteroatoms. The summed E-state index contributed by atoms with van der Waals surface area (Å²) in [5.74, 6) is -0.962. The summed E-state index contributed by atoms with van der Waals surface area (Å²) >= 11 is 7.39. The van der Waals surface area contributed by atoms with Crippen molar-refractivity contribution in [2.45, 2.75) is 6.92 Å². The van der Waals surface area contributed by atoms with Gasteiger partial charge in [0.15, 0.2) is 0 Å². The first kappa shape index (κ1) is 15.6. The van der Waals surface area contributed by atoms with Crippen LogP contribution in [0.1, 0.15) is 15.9 Å². The Hall–Kier alpha value is -2.30. The SMILES string of the molecule is Cc1cccc(Nc2scc(-c3cccc(Cl)c3)c2C(=O)O)c1. The summed E-state index contributed by atoms with van der Waals surface area (Å²) in [6.45, 7) is 2.00. The molecule has 0 spiro atoms. The Bertz CT molecular complexity index is 873. The van der Waals surface area contributed by atoms with Crippen molar-refractivity contribution in [2.75, 3.05) is 5.32 Å². The lowest BCUT2D eigenvalue weighted by atomic mass is 10.0. The molecular weight excluding hydrogens is 330 g/mol. The Morgan fingerprint density at radius 2 is 1.96 bits per heavy atom. The van der Waals surface area contributed by atoms with Gasteiger partial charge in [0.1, 0.15) is 10.6 Å². The first-order chi connectivity index (χ1) is 11.0. The quantitative estimate of drug-likeness (QED) is 0.627. The van der Waals surface area contributed by atoms with Gasteiger partial charge in [-0.2, -0.15) is 0 Å². The lowest BCUT2D eigenvalue weighted by Gasteiger charge is -2.08. The molecule has 0 aliphatic heterocycles. The van der Waals surface area contributed by atoms with Crippen LogP contribution >= 0.6 is 22.9 Å². The molecule has 0 saturated heterocycles. The Morgan fingerprint density at radius 3 is 2.65 bits per heavy atom. The highest BCUT2D eigenvalue weighted by Crippen LogP contribution is 2.37. The van der Waals surface area contributed by atoms with Crippen LogP contribution in [-0.4, -0.2) is 11.1 Å². The highest BCUT2D eigenvalue weighted by atomic mass is 35.5. The maximum absolute atomic E-state index is 11.8. The smallest absolute Gasteiger partial charge is 0.339 e. The van der Waals surface area contributed by atoms with Crippen molar-refractivity contribution in [3.05, 3.63) is 70.1 Å². The number of carbonyl (C=O) groups is 1. The second kappa shape index (κ2) is 6.44. The maximum atomic E-state index is 11.8. The molecule has 2 aromatic carbocycles. The molecule has 116 valence electrons. The third kappa shape index (κ3) is 3.38. The van der Waals surface area contributed by atoms with Crippen LogP contribution in [0.4, 0.5) is 10.7 Å². The number of anilines is 2. The van der Waals surface area contributed by atoms with Crippen molar-refractivity contribution in [1.82, 2.24) is 0 Å². The minimum absolute atomic E-state index is 0.263. The van der Waals surface area contributed by atoms with Crippen LogP contribution in [0.2, 0.25) is 5.02 Å². The molecule has 0 aliphatic carbocycles. The van der Waals surface area contributed by atoms with E-state index in [1.807, 2.05) is 48.7 Å². The lowest BCUT2D eigenvalue weighted by molar-refractivity contribution is 0.0699. The van der Waals surface area contributed by atoms with Gasteiger partial charge in [-0.1, -0.05) is 35.9 Å². The Kier molecular flexibility index (Phi) is 4.37. The number of carboxylic acid groups (broad SMARTS) is 1. The standard InChI is InChI=1S/C18H14ClNO2S/c1-11-4-2-7-14(8-11)20-17-16(18(21)22)15(10-23-17)12-5-3-6-13(19)9-12/h2-10,20H,1H3,(H,21,22). The van der Waals surface area contributed by atoms with Gasteiger partial charge in [-0.25, -0.2) is 4.79 Å². The van der Waals surface area contributed by atoms with Gasteiger partial charge in [0.2, 0.25) is 0 Å². The zero-order chi connectivity index (χ0) is 16.4. The van der Waals surface area contributed by atoms with Crippen molar-refractivity contribution in [3.63, 3.8) is 0 Å². The van der Waals surface area contributed by atoms with Crippen molar-refractivity contribution in [2.24, 2.45) is 0 Å². The number of aryl methyl sites for hydroxylation is 1. The van der Waals surface area contributed by atoms with Crippen molar-refractivity contribution >= 4 is 39.6 Å². The number of hydrogen-bond donors (Lipinski definition) is 2. The van der Waals surface area contributed by atoms with Crippen LogP contribution in [0.3, 0.4) is 0 Å². The summed E-state index contributed by atoms with van der Waals surface area (Å²) < 4.78 is 0. The summed E-state index contributed by atoms with van der Waals surface area (Å²) in [5.41, 5.74) is 3.70. The molecule has 23 heavy (non-hydrogen) atoms. The van der Waals surface area contributed by atoms with Gasteiger partial charge in [-0.05, 0) is 42.3 Å². The Balaban J connectivity index is 2.04. The van der Waals surface area contributed by atoms with Gasteiger partial charge < -0.3 is 10.4 Å². The number of halogens is 1. The normalized spacial score (nSPS) is 10.5. The molecule has 3 nitrogen and oxygen atoms in total. The fourth-order valence-electron chi connectivity index (χ4n) is 2.38. The van der Waals surface area contributed by atoms with Crippen LogP contribution in [-0.2, 0) is 0 Å². The second-order valence-electron chi connectivity index (χ2n) is 5.16. The first-order valence-corrected chi connectivity index (χ1v) is 8.25. The fourth-order valence-corrected chi connectivity index (χ4v) is 3.56. The van der Waals surface area contributed by atoms with Crippen molar-refractivity contribution in [3.8, 4) is 11.1 Å². The summed E-state index contributed by atoms with van der Waals surface area (Å²) in [4.78, 5) is 11.8. The van der Waals surface area contributed by atoms with Gasteiger partial charge in [0.05, 0.1) is 0 Å². The summed E-state index contributed by atoms with van der Waals surface area (Å²) in [6, 6.07) is 15.0. The Morgan fingerprint density at radius 1 is 1.17 bits per heavy atom. The van der Waals surface area contributed by atoms with Gasteiger partial charge in [0, 0.05) is 21.7 Å². The number of thiophene rings is 1. The van der Waals surface area contributed by atoms with E-state index in [2.05, 4.69) is 5.32 Å². The molecule has 0 atom stereocenters. The number of carboxylic acids is 1. The van der Waals surface area contributed by atoms with E-state index in [-0.39, 0.29) is 5.56 Å². The Labute approximate surface area is 143 Å². The molecule has 0 aliphatic rings. The zero-order valence-corrected chi connectivity index (χ0v) is 13.9. The molecule has 0 fully saturated rings. The van der Waals surface area contributed by atoms with Crippen LogP contribution < -0.4 is 5.32 Å². The summed E-state index contributed by atoms with van der Waals surface area (Å²) in [5, 5.41) is 15.9. The van der Waals surface area contributed by atoms with Crippen LogP contribution in [0.25, 0.3) is 11.1 Å². The molecule has 3 aromatic rings. The number of aromatic carboxylic acids is 1. The first-order valence-electron chi connectivity index (χ1n) is 6.99. The molecule has 1 heterocycles. The van der Waals surface area contributed by atoms with Crippen LogP contribution in [0, 0.1) is 6.92 Å². The zero-order valence-electron chi connectivity index (χ0n) is 12.3. The van der Waals surface area contributed by atoms with Crippen molar-refractivity contribution in [1.29, 1.82) is 0 Å². The molecule has 0 unspecified atom stereocenters. The largest absolute Gasteiger partial charge is 0.478 e. The highest BCUT2D eigenvalue weighted by molar-refractivity contribution is 7.15. The molecule has 3 rings (SSSR count). The number of benzene rings is 2. The van der Waals surface area contributed by atoms with Gasteiger partial charge in [0.25, 0.3) is 0 Å². The van der Waals surface area contributed by atoms with E-state index in [9.17, 15) is 9.90 Å². The van der Waals surface area contributed by atoms with Crippen molar-refractivity contribution < 1.29 is 9.90 Å². The van der Waals surface area contributed by atoms with E-state index in [1.54, 1.807) is 12.1 Å². The second-order valence-corrected chi connectivity index (χ2v) is 6.48. The van der Waals surface area contributed by atoms with Gasteiger partial charge in [-0.15, -0.1) is 11.3 Å². The molecule has 1 aromatic heterocycles. The molecule has 0 amide bonds. The lowest BCUT2D eigenvalue weighted by Crippen LogP contribution is -2.01. The minimum atomic E-state index is -0.962. The minimum Gasteiger partial charge on any atom is -0.478 e. The van der Waals surface area contributed by atoms with E-state index >= 15 is 0 Å². The predicted octanol–water partition coefficient (Wildman–Crippen LogP) is 5.82. The summed E-state index contributed by atoms with van der Waals surface area (Å²) in [7, 11) is 0. The average Bonchev–Trinajstić information content (AvgIpc) is 2.91. The molecule has 0 saturated carbocycles. The average molecular weight is 344 g/mol. The topological polar surface area (TPSA) is 49.3 Å². The number of rotatable bonds is 4. The van der Waals surface area contributed by atoms with E-state index in [1.165, 1.54) is 11.3 Å². The third-order valence-electron chi connectivity index (χ3n) is 3.42. The highest BCUT2D eigenvalue weighted by Gasteiger charge is 2.20. The monoisotopic (exact) mass is 343 g/mol. The molecular formula is C18H14ClNO2S. The van der Waals surface area contributed by atoms with E-state index < -0.39 is 5.97 Å². The van der Waals surface area contributed by atoms with Gasteiger partial charge in [-0.3, -0.25) is 0 Å². The van der Waals surface area contributed by atoms with Gasteiger partial charge >= 0.3 is 5.97 Å². The molecule has 0 radical (unpaired) electrons. The maximum Gasteiger partial charge on any atom is 0.339 e. The van der Waals surface area contributed by atoms with E-state index in [0.29, 0.717) is 15.6 Å². The van der Waals surface area contributed by atoms with Crippen LogP contribution in [0.15, 0.2) is 53.9 Å². The van der Waals surface area contributed by atoms with Crippen LogP contribution in [0.5, 0.6) is 0 Å². The molecule has 0 bridgehead atoms.